The van der Waals surface area contributed by atoms with E-state index < -0.39 is 0 Å². The Hall–Kier alpha value is -3.37. The van der Waals surface area contributed by atoms with E-state index in [1.54, 1.807) is 36.4 Å². The van der Waals surface area contributed by atoms with E-state index in [0.717, 1.165) is 25.9 Å². The predicted molar refractivity (Wildman–Crippen MR) is 113 cm³/mol. The Morgan fingerprint density at radius 3 is 2.53 bits per heavy atom. The molecule has 1 fully saturated rings. The molecule has 158 valence electrons. The second kappa shape index (κ2) is 10.4. The zero-order valence-electron chi connectivity index (χ0n) is 16.6. The van der Waals surface area contributed by atoms with Gasteiger partial charge in [-0.3, -0.25) is 14.5 Å². The van der Waals surface area contributed by atoms with Crippen LogP contribution in [0.3, 0.4) is 0 Å². The number of pyridine rings is 1. The van der Waals surface area contributed by atoms with Crippen LogP contribution in [0.1, 0.15) is 19.3 Å². The van der Waals surface area contributed by atoms with Crippen LogP contribution >= 0.6 is 0 Å². The number of esters is 1. The summed E-state index contributed by atoms with van der Waals surface area (Å²) in [4.78, 5) is 29.8. The lowest BCUT2D eigenvalue weighted by Crippen LogP contribution is -2.36. The number of carbonyl (C=O) groups excluding carboxylic acids is 2. The highest BCUT2D eigenvalue weighted by molar-refractivity contribution is 5.91. The fourth-order valence-electron chi connectivity index (χ4n) is 3.00. The number of nitrogens with zero attached hydrogens (tertiary/aromatic N) is 4. The van der Waals surface area contributed by atoms with Gasteiger partial charge < -0.3 is 21.5 Å². The van der Waals surface area contributed by atoms with Crippen molar-refractivity contribution < 1.29 is 14.3 Å². The molecule has 0 unspecified atom stereocenters. The number of nitrogens with one attached hydrogen (secondary N) is 1. The van der Waals surface area contributed by atoms with Crippen LogP contribution in [-0.2, 0) is 9.59 Å². The molecule has 1 saturated heterocycles. The Kier molecular flexibility index (Phi) is 7.41. The SMILES string of the molecule is NCC(=O)Nc1ccc(N=Nc2ccccc2OC(=O)CN2CCCCC2)c(N)n1. The van der Waals surface area contributed by atoms with E-state index in [-0.39, 0.29) is 36.6 Å². The second-order valence-electron chi connectivity index (χ2n) is 6.83. The number of carbonyl (C=O) groups is 2. The summed E-state index contributed by atoms with van der Waals surface area (Å²) < 4.78 is 5.50. The maximum atomic E-state index is 12.3. The van der Waals surface area contributed by atoms with Crippen LogP contribution in [0.2, 0.25) is 0 Å². The Morgan fingerprint density at radius 2 is 1.80 bits per heavy atom. The number of benzene rings is 1. The van der Waals surface area contributed by atoms with E-state index >= 15 is 0 Å². The van der Waals surface area contributed by atoms with Crippen molar-refractivity contribution >= 4 is 34.9 Å². The molecule has 1 aromatic heterocycles. The van der Waals surface area contributed by atoms with Crippen molar-refractivity contribution in [3.05, 3.63) is 36.4 Å². The second-order valence-corrected chi connectivity index (χ2v) is 6.83. The Morgan fingerprint density at radius 1 is 1.07 bits per heavy atom. The normalized spacial score (nSPS) is 14.6. The molecule has 0 spiro atoms. The van der Waals surface area contributed by atoms with Crippen LogP contribution in [0.4, 0.5) is 23.0 Å². The number of nitrogen functional groups attached to an aromatic ring is 1. The molecule has 0 bridgehead atoms. The summed E-state index contributed by atoms with van der Waals surface area (Å²) in [5.41, 5.74) is 11.9. The molecule has 0 saturated carbocycles. The van der Waals surface area contributed by atoms with Crippen molar-refractivity contribution in [1.29, 1.82) is 0 Å². The smallest absolute Gasteiger partial charge is 0.325 e. The number of ether oxygens (including phenoxy) is 1. The van der Waals surface area contributed by atoms with E-state index in [1.807, 2.05) is 0 Å². The van der Waals surface area contributed by atoms with Crippen molar-refractivity contribution in [2.75, 3.05) is 37.2 Å². The molecule has 2 aromatic rings. The molecule has 0 atom stereocenters. The molecule has 3 rings (SSSR count). The Bertz CT molecular complexity index is 926. The first-order valence-corrected chi connectivity index (χ1v) is 9.75. The molecule has 5 N–H and O–H groups in total. The quantitative estimate of drug-likeness (QED) is 0.360. The monoisotopic (exact) mass is 411 g/mol. The van der Waals surface area contributed by atoms with Gasteiger partial charge in [-0.15, -0.1) is 10.2 Å². The zero-order chi connectivity index (χ0) is 21.3. The van der Waals surface area contributed by atoms with Gasteiger partial charge in [-0.05, 0) is 50.2 Å². The molecule has 1 aromatic carbocycles. The summed E-state index contributed by atoms with van der Waals surface area (Å²) in [5, 5.41) is 10.8. The van der Waals surface area contributed by atoms with Crippen molar-refractivity contribution in [1.82, 2.24) is 9.88 Å². The average molecular weight is 411 g/mol. The number of anilines is 2. The van der Waals surface area contributed by atoms with Gasteiger partial charge in [0.15, 0.2) is 11.6 Å². The third-order valence-corrected chi connectivity index (χ3v) is 4.51. The average Bonchev–Trinajstić information content (AvgIpc) is 2.74. The third kappa shape index (κ3) is 6.06. The molecular weight excluding hydrogens is 386 g/mol. The first-order valence-electron chi connectivity index (χ1n) is 9.75. The van der Waals surface area contributed by atoms with Gasteiger partial charge in [0.05, 0.1) is 13.1 Å². The lowest BCUT2D eigenvalue weighted by Gasteiger charge is -2.25. The van der Waals surface area contributed by atoms with Gasteiger partial charge in [0.1, 0.15) is 17.2 Å². The van der Waals surface area contributed by atoms with Gasteiger partial charge in [0.25, 0.3) is 0 Å². The minimum absolute atomic E-state index is 0.0909. The van der Waals surface area contributed by atoms with E-state index in [2.05, 4.69) is 25.4 Å². The Balaban J connectivity index is 1.67. The highest BCUT2D eigenvalue weighted by Crippen LogP contribution is 2.30. The number of azo groups is 1. The molecule has 2 heterocycles. The first kappa shape index (κ1) is 21.3. The number of para-hydroxylation sites is 1. The number of aromatic nitrogens is 1. The van der Waals surface area contributed by atoms with Crippen molar-refractivity contribution in [2.24, 2.45) is 16.0 Å². The summed E-state index contributed by atoms with van der Waals surface area (Å²) in [6, 6.07) is 9.99. The summed E-state index contributed by atoms with van der Waals surface area (Å²) in [6.07, 6.45) is 3.40. The molecule has 1 amide bonds. The van der Waals surface area contributed by atoms with Crippen LogP contribution < -0.4 is 21.5 Å². The number of piperidine rings is 1. The summed E-state index contributed by atoms with van der Waals surface area (Å²) in [6.45, 7) is 1.91. The van der Waals surface area contributed by atoms with E-state index in [1.165, 1.54) is 6.42 Å². The molecule has 1 aliphatic rings. The molecule has 10 nitrogen and oxygen atoms in total. The highest BCUT2D eigenvalue weighted by atomic mass is 16.5. The molecule has 30 heavy (non-hydrogen) atoms. The highest BCUT2D eigenvalue weighted by Gasteiger charge is 2.16. The molecule has 1 aliphatic heterocycles. The van der Waals surface area contributed by atoms with Crippen LogP contribution in [-0.4, -0.2) is 47.9 Å². The van der Waals surface area contributed by atoms with Crippen molar-refractivity contribution in [3.8, 4) is 5.75 Å². The fourth-order valence-corrected chi connectivity index (χ4v) is 3.00. The standard InChI is InChI=1S/C20H25N7O3/c21-12-18(28)23-17-9-8-15(20(22)24-17)26-25-14-6-2-3-7-16(14)30-19(29)13-27-10-4-1-5-11-27/h2-3,6-9H,1,4-5,10-13,21H2,(H3,22,23,24,28). The summed E-state index contributed by atoms with van der Waals surface area (Å²) >= 11 is 0. The Labute approximate surface area is 174 Å². The van der Waals surface area contributed by atoms with Crippen molar-refractivity contribution in [2.45, 2.75) is 19.3 Å². The van der Waals surface area contributed by atoms with Gasteiger partial charge in [-0.1, -0.05) is 18.6 Å². The maximum absolute atomic E-state index is 12.3. The lowest BCUT2D eigenvalue weighted by molar-refractivity contribution is -0.135. The number of amides is 1. The molecular formula is C20H25N7O3. The third-order valence-electron chi connectivity index (χ3n) is 4.51. The first-order chi connectivity index (χ1) is 14.5. The number of hydrogen-bond donors (Lipinski definition) is 3. The minimum atomic E-state index is -0.378. The van der Waals surface area contributed by atoms with Gasteiger partial charge in [-0.2, -0.15) is 0 Å². The summed E-state index contributed by atoms with van der Waals surface area (Å²) in [7, 11) is 0. The van der Waals surface area contributed by atoms with E-state index in [0.29, 0.717) is 17.1 Å². The fraction of sp³-hybridized carbons (Fsp3) is 0.350. The molecule has 10 heteroatoms. The van der Waals surface area contributed by atoms with Gasteiger partial charge >= 0.3 is 5.97 Å². The maximum Gasteiger partial charge on any atom is 0.325 e. The minimum Gasteiger partial charge on any atom is -0.423 e. The lowest BCUT2D eigenvalue weighted by atomic mass is 10.1. The number of nitrogens with two attached hydrogens (primary N) is 2. The topological polar surface area (TPSA) is 148 Å². The van der Waals surface area contributed by atoms with Crippen LogP contribution in [0.5, 0.6) is 5.75 Å². The predicted octanol–water partition coefficient (Wildman–Crippen LogP) is 2.37. The van der Waals surface area contributed by atoms with E-state index in [4.69, 9.17) is 16.2 Å². The number of likely N-dealkylation sites (tertiary alicyclic amines) is 1. The van der Waals surface area contributed by atoms with Crippen LogP contribution in [0.15, 0.2) is 46.6 Å². The molecule has 0 aliphatic carbocycles. The number of rotatable bonds is 7. The molecule has 0 radical (unpaired) electrons. The van der Waals surface area contributed by atoms with E-state index in [9.17, 15) is 9.59 Å². The van der Waals surface area contributed by atoms with Gasteiger partial charge in [0, 0.05) is 0 Å². The number of hydrogen-bond acceptors (Lipinski definition) is 9. The summed E-state index contributed by atoms with van der Waals surface area (Å²) in [5.74, 6) is -0.0268. The van der Waals surface area contributed by atoms with Crippen LogP contribution in [0, 0.1) is 0 Å². The van der Waals surface area contributed by atoms with Crippen LogP contribution in [0.25, 0.3) is 0 Å². The zero-order valence-corrected chi connectivity index (χ0v) is 16.6. The van der Waals surface area contributed by atoms with Gasteiger partial charge in [-0.25, -0.2) is 4.98 Å². The van der Waals surface area contributed by atoms with Gasteiger partial charge in [0.2, 0.25) is 5.91 Å². The van der Waals surface area contributed by atoms with Crippen molar-refractivity contribution in [3.63, 3.8) is 0 Å². The largest absolute Gasteiger partial charge is 0.423 e.